The van der Waals surface area contributed by atoms with Crippen molar-refractivity contribution in [1.29, 1.82) is 0 Å². The maximum absolute atomic E-state index is 10.1. The smallest absolute Gasteiger partial charge is 0.216 e. The summed E-state index contributed by atoms with van der Waals surface area (Å²) in [6, 6.07) is 0.639. The molecule has 2 aliphatic rings. The van der Waals surface area contributed by atoms with Crippen molar-refractivity contribution in [2.24, 2.45) is 5.41 Å². The van der Waals surface area contributed by atoms with E-state index in [1.165, 1.54) is 19.5 Å². The fourth-order valence-corrected chi connectivity index (χ4v) is 2.99. The summed E-state index contributed by atoms with van der Waals surface area (Å²) in [4.78, 5) is 4.57. The summed E-state index contributed by atoms with van der Waals surface area (Å²) in [6.45, 7) is 14.7. The average molecular weight is 256 g/mol. The first-order valence-electron chi connectivity index (χ1n) is 7.05. The Labute approximate surface area is 111 Å². The molecule has 1 atom stereocenters. The molecular formula is C14H28N2O2. The first-order valence-corrected chi connectivity index (χ1v) is 7.05. The molecule has 106 valence electrons. The summed E-state index contributed by atoms with van der Waals surface area (Å²) < 4.78 is 5.63. The maximum atomic E-state index is 10.1. The molecule has 4 nitrogen and oxygen atoms in total. The zero-order valence-electron chi connectivity index (χ0n) is 12.4. The molecule has 0 bridgehead atoms. The van der Waals surface area contributed by atoms with Gasteiger partial charge in [-0.2, -0.15) is 0 Å². The fourth-order valence-electron chi connectivity index (χ4n) is 2.99. The number of rotatable bonds is 3. The Balaban J connectivity index is 1.83. The van der Waals surface area contributed by atoms with E-state index in [2.05, 4.69) is 23.6 Å². The first kappa shape index (κ1) is 14.3. The summed E-state index contributed by atoms with van der Waals surface area (Å²) in [7, 11) is 0. The van der Waals surface area contributed by atoms with Crippen LogP contribution in [-0.2, 0) is 4.74 Å². The lowest BCUT2D eigenvalue weighted by Gasteiger charge is -2.50. The van der Waals surface area contributed by atoms with E-state index in [1.807, 2.05) is 20.8 Å². The summed E-state index contributed by atoms with van der Waals surface area (Å²) >= 11 is 0. The summed E-state index contributed by atoms with van der Waals surface area (Å²) in [5.41, 5.74) is 0.116. The van der Waals surface area contributed by atoms with Gasteiger partial charge >= 0.3 is 0 Å². The minimum absolute atomic E-state index is 0.293. The Bertz CT molecular complexity index is 293. The number of nitrogens with zero attached hydrogens (tertiary/aromatic N) is 2. The number of ether oxygens (including phenoxy) is 1. The highest BCUT2D eigenvalue weighted by Gasteiger charge is 2.49. The molecule has 0 radical (unpaired) electrons. The lowest BCUT2D eigenvalue weighted by molar-refractivity contribution is -0.237. The van der Waals surface area contributed by atoms with Crippen molar-refractivity contribution in [3.05, 3.63) is 0 Å². The topological polar surface area (TPSA) is 35.9 Å². The number of aliphatic hydroxyl groups is 1. The Morgan fingerprint density at radius 2 is 1.67 bits per heavy atom. The number of aliphatic hydroxyl groups excluding tert-OH is 1. The second kappa shape index (κ2) is 4.75. The van der Waals surface area contributed by atoms with Crippen LogP contribution in [0.5, 0.6) is 0 Å². The van der Waals surface area contributed by atoms with Crippen LogP contribution >= 0.6 is 0 Å². The Hall–Kier alpha value is -0.160. The zero-order chi connectivity index (χ0) is 13.6. The van der Waals surface area contributed by atoms with Gasteiger partial charge in [-0.25, -0.2) is 0 Å². The van der Waals surface area contributed by atoms with E-state index >= 15 is 0 Å². The largest absolute Gasteiger partial charge is 0.356 e. The molecule has 1 N–H and O–H groups in total. The molecule has 2 heterocycles. The third kappa shape index (κ3) is 3.05. The van der Waals surface area contributed by atoms with Gasteiger partial charge in [-0.05, 0) is 41.0 Å². The summed E-state index contributed by atoms with van der Waals surface area (Å²) in [5, 5.41) is 10.1. The molecule has 18 heavy (non-hydrogen) atoms. The predicted molar refractivity (Wildman–Crippen MR) is 72.2 cm³/mol. The highest BCUT2D eigenvalue weighted by Crippen LogP contribution is 2.41. The van der Waals surface area contributed by atoms with E-state index in [4.69, 9.17) is 4.74 Å². The lowest BCUT2D eigenvalue weighted by Crippen LogP contribution is -2.60. The standard InChI is InChI=1S/C14H28N2O2/c1-11(2)16-9-14(10-16)6-7-15(8-14)12(17)18-13(3,4)5/h11-12,17H,6-10H2,1-5H3. The van der Waals surface area contributed by atoms with E-state index in [1.54, 1.807) is 0 Å². The van der Waals surface area contributed by atoms with Crippen molar-refractivity contribution in [3.8, 4) is 0 Å². The second-order valence-corrected chi connectivity index (χ2v) is 7.28. The molecule has 0 saturated carbocycles. The minimum atomic E-state index is -0.752. The van der Waals surface area contributed by atoms with E-state index in [-0.39, 0.29) is 5.60 Å². The van der Waals surface area contributed by atoms with Crippen LogP contribution in [0.3, 0.4) is 0 Å². The van der Waals surface area contributed by atoms with E-state index in [0.717, 1.165) is 13.1 Å². The number of likely N-dealkylation sites (tertiary alicyclic amines) is 2. The molecule has 0 aliphatic carbocycles. The summed E-state index contributed by atoms with van der Waals surface area (Å²) in [5.74, 6) is 0. The quantitative estimate of drug-likeness (QED) is 0.776. The van der Waals surface area contributed by atoms with E-state index in [0.29, 0.717) is 11.5 Å². The van der Waals surface area contributed by atoms with E-state index < -0.39 is 6.41 Å². The van der Waals surface area contributed by atoms with Gasteiger partial charge in [-0.3, -0.25) is 9.80 Å². The van der Waals surface area contributed by atoms with Crippen molar-refractivity contribution in [2.75, 3.05) is 26.2 Å². The van der Waals surface area contributed by atoms with Crippen LogP contribution in [0, 0.1) is 5.41 Å². The minimum Gasteiger partial charge on any atom is -0.356 e. The van der Waals surface area contributed by atoms with Gasteiger partial charge in [0.1, 0.15) is 0 Å². The molecule has 1 spiro atoms. The van der Waals surface area contributed by atoms with Crippen LogP contribution in [0.25, 0.3) is 0 Å². The van der Waals surface area contributed by atoms with Gasteiger partial charge in [0.05, 0.1) is 5.60 Å². The predicted octanol–water partition coefficient (Wildman–Crippen LogP) is 1.49. The summed E-state index contributed by atoms with van der Waals surface area (Å²) in [6.07, 6.45) is 0.429. The van der Waals surface area contributed by atoms with E-state index in [9.17, 15) is 5.11 Å². The van der Waals surface area contributed by atoms with Crippen LogP contribution < -0.4 is 0 Å². The molecular weight excluding hydrogens is 228 g/mol. The van der Waals surface area contributed by atoms with Crippen molar-refractivity contribution in [3.63, 3.8) is 0 Å². The molecule has 4 heteroatoms. The van der Waals surface area contributed by atoms with Gasteiger partial charge in [0.15, 0.2) is 0 Å². The van der Waals surface area contributed by atoms with Gasteiger partial charge in [0.2, 0.25) is 6.41 Å². The molecule has 2 fully saturated rings. The molecule has 0 amide bonds. The van der Waals surface area contributed by atoms with Crippen molar-refractivity contribution in [1.82, 2.24) is 9.80 Å². The number of hydrogen-bond acceptors (Lipinski definition) is 4. The van der Waals surface area contributed by atoms with Crippen LogP contribution in [0.4, 0.5) is 0 Å². The maximum Gasteiger partial charge on any atom is 0.216 e. The molecule has 1 unspecified atom stereocenters. The van der Waals surface area contributed by atoms with Crippen LogP contribution in [-0.4, -0.2) is 59.1 Å². The Kier molecular flexibility index (Phi) is 3.76. The van der Waals surface area contributed by atoms with Gasteiger partial charge in [-0.1, -0.05) is 0 Å². The van der Waals surface area contributed by atoms with Crippen molar-refractivity contribution >= 4 is 0 Å². The van der Waals surface area contributed by atoms with Crippen molar-refractivity contribution in [2.45, 2.75) is 59.1 Å². The van der Waals surface area contributed by atoms with Gasteiger partial charge in [0.25, 0.3) is 0 Å². The molecule has 0 aromatic heterocycles. The lowest BCUT2D eigenvalue weighted by atomic mass is 9.78. The third-order valence-corrected chi connectivity index (χ3v) is 4.05. The molecule has 0 aromatic carbocycles. The van der Waals surface area contributed by atoms with Crippen LogP contribution in [0.2, 0.25) is 0 Å². The third-order valence-electron chi connectivity index (χ3n) is 4.05. The van der Waals surface area contributed by atoms with Crippen molar-refractivity contribution < 1.29 is 9.84 Å². The van der Waals surface area contributed by atoms with Gasteiger partial charge in [0, 0.05) is 37.6 Å². The average Bonchev–Trinajstić information content (AvgIpc) is 2.56. The Morgan fingerprint density at radius 1 is 1.11 bits per heavy atom. The normalized spacial score (nSPS) is 26.8. The second-order valence-electron chi connectivity index (χ2n) is 7.28. The number of hydrogen-bond donors (Lipinski definition) is 1. The highest BCUT2D eigenvalue weighted by atomic mass is 16.6. The van der Waals surface area contributed by atoms with Crippen LogP contribution in [0.1, 0.15) is 41.0 Å². The Morgan fingerprint density at radius 3 is 2.17 bits per heavy atom. The van der Waals surface area contributed by atoms with Gasteiger partial charge < -0.3 is 9.84 Å². The molecule has 2 rings (SSSR count). The highest BCUT2D eigenvalue weighted by molar-refractivity contribution is 5.02. The monoisotopic (exact) mass is 256 g/mol. The fraction of sp³-hybridized carbons (Fsp3) is 1.00. The molecule has 0 aromatic rings. The van der Waals surface area contributed by atoms with Crippen LogP contribution in [0.15, 0.2) is 0 Å². The SMILES string of the molecule is CC(C)N1CC2(CCN(C(O)OC(C)(C)C)C2)C1. The zero-order valence-corrected chi connectivity index (χ0v) is 12.4. The molecule has 2 aliphatic heterocycles. The first-order chi connectivity index (χ1) is 8.21. The molecule has 2 saturated heterocycles. The van der Waals surface area contributed by atoms with Gasteiger partial charge in [-0.15, -0.1) is 0 Å².